The highest BCUT2D eigenvalue weighted by Gasteiger charge is 2.19. The second-order valence-electron chi connectivity index (χ2n) is 3.10. The van der Waals surface area contributed by atoms with E-state index in [1.165, 1.54) is 12.8 Å². The Bertz CT molecular complexity index is 324. The third-order valence-corrected chi connectivity index (χ3v) is 2.77. The molecule has 12 heavy (non-hydrogen) atoms. The molecule has 1 aromatic rings. The highest BCUT2D eigenvalue weighted by Crippen LogP contribution is 2.27. The number of rotatable bonds is 1. The maximum atomic E-state index is 11.3. The molecule has 1 saturated carbocycles. The Kier molecular flexibility index (Phi) is 2.20. The molecule has 0 aliphatic heterocycles. The molecule has 1 N–H and O–H groups in total. The first-order valence-electron chi connectivity index (χ1n) is 4.12. The summed E-state index contributed by atoms with van der Waals surface area (Å²) in [7, 11) is 0. The summed E-state index contributed by atoms with van der Waals surface area (Å²) < 4.78 is 2.28. The molecule has 0 atom stereocenters. The topological polar surface area (TPSA) is 50.7 Å². The van der Waals surface area contributed by atoms with Crippen LogP contribution in [0.5, 0.6) is 0 Å². The zero-order chi connectivity index (χ0) is 8.55. The lowest BCUT2D eigenvalue weighted by atomic mass is 10.3. The Balaban J connectivity index is 2.32. The van der Waals surface area contributed by atoms with Gasteiger partial charge in [0.1, 0.15) is 0 Å². The molecular weight excluding hydrogens is 269 g/mol. The van der Waals surface area contributed by atoms with Crippen LogP contribution in [-0.2, 0) is 0 Å². The molecule has 0 radical (unpaired) electrons. The molecule has 1 aromatic heterocycles. The van der Waals surface area contributed by atoms with Gasteiger partial charge >= 0.3 is 5.69 Å². The van der Waals surface area contributed by atoms with E-state index in [0.717, 1.165) is 12.8 Å². The molecular formula is C7H10IN3O. The summed E-state index contributed by atoms with van der Waals surface area (Å²) in [5, 5.41) is 4.13. The van der Waals surface area contributed by atoms with Crippen LogP contribution in [-0.4, -0.2) is 14.8 Å². The molecule has 1 aliphatic carbocycles. The van der Waals surface area contributed by atoms with E-state index < -0.39 is 0 Å². The number of aromatic nitrogens is 3. The van der Waals surface area contributed by atoms with E-state index in [0.29, 0.717) is 9.87 Å². The van der Waals surface area contributed by atoms with E-state index in [-0.39, 0.29) is 5.69 Å². The van der Waals surface area contributed by atoms with Gasteiger partial charge in [0.05, 0.1) is 6.04 Å². The van der Waals surface area contributed by atoms with Crippen molar-refractivity contribution in [3.05, 3.63) is 14.3 Å². The quantitative estimate of drug-likeness (QED) is 0.787. The first-order valence-corrected chi connectivity index (χ1v) is 5.19. The highest BCUT2D eigenvalue weighted by atomic mass is 127. The Morgan fingerprint density at radius 3 is 2.67 bits per heavy atom. The summed E-state index contributed by atoms with van der Waals surface area (Å²) in [5.41, 5.74) is -0.0636. The first kappa shape index (κ1) is 8.28. The maximum Gasteiger partial charge on any atom is 0.344 e. The van der Waals surface area contributed by atoms with Gasteiger partial charge in [-0.15, -0.1) is 5.10 Å². The Morgan fingerprint density at radius 2 is 2.17 bits per heavy atom. The Hall–Kier alpha value is -0.330. The van der Waals surface area contributed by atoms with Crippen molar-refractivity contribution in [2.45, 2.75) is 31.7 Å². The van der Waals surface area contributed by atoms with Gasteiger partial charge in [-0.05, 0) is 12.8 Å². The van der Waals surface area contributed by atoms with Crippen LogP contribution in [0.4, 0.5) is 0 Å². The standard InChI is InChI=1S/C7H10IN3O/c8-6-9-7(12)11(10-6)5-3-1-2-4-5/h5H,1-4H2,(H,9,10,12). The number of hydrogen-bond donors (Lipinski definition) is 1. The van der Waals surface area contributed by atoms with Gasteiger partial charge in [-0.2, -0.15) is 0 Å². The van der Waals surface area contributed by atoms with Gasteiger partial charge in [0.25, 0.3) is 0 Å². The first-order chi connectivity index (χ1) is 5.77. The second kappa shape index (κ2) is 3.20. The largest absolute Gasteiger partial charge is 0.344 e. The predicted octanol–water partition coefficient (Wildman–Crippen LogP) is 1.29. The van der Waals surface area contributed by atoms with Crippen molar-refractivity contribution in [2.75, 3.05) is 0 Å². The number of H-pyrrole nitrogens is 1. The molecule has 2 rings (SSSR count). The average molecular weight is 279 g/mol. The maximum absolute atomic E-state index is 11.3. The van der Waals surface area contributed by atoms with Crippen molar-refractivity contribution in [1.82, 2.24) is 14.8 Å². The summed E-state index contributed by atoms with van der Waals surface area (Å²) >= 11 is 2.03. The molecule has 1 fully saturated rings. The van der Waals surface area contributed by atoms with Crippen molar-refractivity contribution < 1.29 is 0 Å². The molecule has 0 aromatic carbocycles. The van der Waals surface area contributed by atoms with Crippen LogP contribution in [0, 0.1) is 3.83 Å². The van der Waals surface area contributed by atoms with E-state index in [1.807, 2.05) is 22.6 Å². The Labute approximate surface area is 83.5 Å². The lowest BCUT2D eigenvalue weighted by Gasteiger charge is -2.05. The van der Waals surface area contributed by atoms with Crippen LogP contribution in [0.3, 0.4) is 0 Å². The zero-order valence-corrected chi connectivity index (χ0v) is 8.74. The summed E-state index contributed by atoms with van der Waals surface area (Å²) in [5.74, 6) is 0. The van der Waals surface area contributed by atoms with Gasteiger partial charge in [-0.25, -0.2) is 9.48 Å². The van der Waals surface area contributed by atoms with E-state index in [9.17, 15) is 4.79 Å². The number of nitrogens with zero attached hydrogens (tertiary/aromatic N) is 2. The SMILES string of the molecule is O=c1[nH]c(I)nn1C1CCCC1. The number of nitrogens with one attached hydrogen (secondary N) is 1. The van der Waals surface area contributed by atoms with Crippen LogP contribution in [0.1, 0.15) is 31.7 Å². The molecule has 1 heterocycles. The summed E-state index contributed by atoms with van der Waals surface area (Å²) in [6, 6.07) is 0.345. The van der Waals surface area contributed by atoms with E-state index in [4.69, 9.17) is 0 Å². The van der Waals surface area contributed by atoms with Gasteiger partial charge in [0.15, 0.2) is 3.83 Å². The fraction of sp³-hybridized carbons (Fsp3) is 0.714. The van der Waals surface area contributed by atoms with Gasteiger partial charge in [0.2, 0.25) is 0 Å². The number of aromatic amines is 1. The van der Waals surface area contributed by atoms with Crippen molar-refractivity contribution >= 4 is 22.6 Å². The minimum atomic E-state index is -0.0636. The molecule has 4 nitrogen and oxygen atoms in total. The minimum absolute atomic E-state index is 0.0636. The van der Waals surface area contributed by atoms with Crippen molar-refractivity contribution in [2.24, 2.45) is 0 Å². The number of hydrogen-bond acceptors (Lipinski definition) is 2. The molecule has 66 valence electrons. The molecule has 0 amide bonds. The predicted molar refractivity (Wildman–Crippen MR) is 53.1 cm³/mol. The smallest absolute Gasteiger partial charge is 0.284 e. The van der Waals surface area contributed by atoms with Crippen LogP contribution in [0.15, 0.2) is 4.79 Å². The molecule has 5 heteroatoms. The molecule has 1 aliphatic rings. The van der Waals surface area contributed by atoms with Gasteiger partial charge in [-0.3, -0.25) is 4.98 Å². The van der Waals surface area contributed by atoms with Gasteiger partial charge in [0, 0.05) is 22.6 Å². The van der Waals surface area contributed by atoms with Crippen LogP contribution >= 0.6 is 22.6 Å². The second-order valence-corrected chi connectivity index (χ2v) is 4.13. The highest BCUT2D eigenvalue weighted by molar-refractivity contribution is 14.1. The third-order valence-electron chi connectivity index (χ3n) is 2.28. The van der Waals surface area contributed by atoms with Crippen LogP contribution in [0.25, 0.3) is 0 Å². The lowest BCUT2D eigenvalue weighted by Crippen LogP contribution is -2.21. The molecule has 0 bridgehead atoms. The van der Waals surface area contributed by atoms with Crippen molar-refractivity contribution in [3.8, 4) is 0 Å². The van der Waals surface area contributed by atoms with Crippen molar-refractivity contribution in [3.63, 3.8) is 0 Å². The summed E-state index contributed by atoms with van der Waals surface area (Å²) in [4.78, 5) is 13.9. The summed E-state index contributed by atoms with van der Waals surface area (Å²) in [6.07, 6.45) is 4.64. The van der Waals surface area contributed by atoms with Crippen LogP contribution in [0.2, 0.25) is 0 Å². The fourth-order valence-electron chi connectivity index (χ4n) is 1.71. The zero-order valence-electron chi connectivity index (χ0n) is 6.59. The Morgan fingerprint density at radius 1 is 1.50 bits per heavy atom. The summed E-state index contributed by atoms with van der Waals surface area (Å²) in [6.45, 7) is 0. The van der Waals surface area contributed by atoms with Gasteiger partial charge in [-0.1, -0.05) is 12.8 Å². The van der Waals surface area contributed by atoms with Gasteiger partial charge < -0.3 is 0 Å². The number of halogens is 1. The van der Waals surface area contributed by atoms with Crippen molar-refractivity contribution in [1.29, 1.82) is 0 Å². The normalized spacial score (nSPS) is 18.8. The fourth-order valence-corrected chi connectivity index (χ4v) is 2.17. The molecule has 0 unspecified atom stereocenters. The van der Waals surface area contributed by atoms with E-state index in [1.54, 1.807) is 4.68 Å². The lowest BCUT2D eigenvalue weighted by molar-refractivity contribution is 0.450. The van der Waals surface area contributed by atoms with E-state index >= 15 is 0 Å². The average Bonchev–Trinajstić information content (AvgIpc) is 2.58. The van der Waals surface area contributed by atoms with E-state index in [2.05, 4.69) is 10.1 Å². The molecule has 0 saturated heterocycles. The third kappa shape index (κ3) is 1.41. The monoisotopic (exact) mass is 279 g/mol. The minimum Gasteiger partial charge on any atom is -0.284 e. The van der Waals surface area contributed by atoms with Crippen LogP contribution < -0.4 is 5.69 Å². The molecule has 0 spiro atoms.